The number of carbonyl (C=O) groups excluding carboxylic acids is 1. The predicted molar refractivity (Wildman–Crippen MR) is 167 cm³/mol. The first-order valence-corrected chi connectivity index (χ1v) is 16.6. The summed E-state index contributed by atoms with van der Waals surface area (Å²) in [6, 6.07) is 18.4. The fourth-order valence-corrected chi connectivity index (χ4v) is 9.63. The molecule has 9 heteroatoms. The molecule has 0 radical (unpaired) electrons. The lowest BCUT2D eigenvalue weighted by Crippen LogP contribution is -2.65. The van der Waals surface area contributed by atoms with Crippen molar-refractivity contribution in [2.24, 2.45) is 17.3 Å². The van der Waals surface area contributed by atoms with Crippen molar-refractivity contribution < 1.29 is 31.9 Å². The van der Waals surface area contributed by atoms with Crippen LogP contribution in [0.15, 0.2) is 77.4 Å². The Morgan fingerprint density at radius 3 is 2.26 bits per heavy atom. The van der Waals surface area contributed by atoms with Crippen molar-refractivity contribution in [2.45, 2.75) is 82.0 Å². The standard InChI is InChI=1S/C37H41F5N2O2/c1-34-22-31(25-9-7-24(8-10-25)23-43-17-19-44(20-18-43)27-5-3-2-4-6-27)33-29-14-12-28(45)21-26(29)11-13-30(33)32(34)15-16-35(34,46)36(38,39)37(40,41)42/h2-10,21,30-32,46H,11-20,22-23H2,1H3/t30?,31-,32?,34+,35+/m1/s1. The van der Waals surface area contributed by atoms with Gasteiger partial charge in [0.05, 0.1) is 0 Å². The molecule has 1 aliphatic heterocycles. The quantitative estimate of drug-likeness (QED) is 0.339. The number of benzene rings is 2. The highest BCUT2D eigenvalue weighted by Crippen LogP contribution is 2.70. The Hall–Kier alpha value is -3.04. The zero-order chi connectivity index (χ0) is 32.5. The molecule has 1 N–H and O–H groups in total. The molecule has 0 spiro atoms. The lowest BCUT2D eigenvalue weighted by Gasteiger charge is -2.56. The van der Waals surface area contributed by atoms with E-state index in [0.29, 0.717) is 25.7 Å². The van der Waals surface area contributed by atoms with Crippen LogP contribution in [0.5, 0.6) is 0 Å². The summed E-state index contributed by atoms with van der Waals surface area (Å²) in [6.45, 7) is 5.90. The number of rotatable bonds is 5. The third-order valence-electron chi connectivity index (χ3n) is 12.0. The number of ketones is 1. The van der Waals surface area contributed by atoms with Crippen LogP contribution in [-0.4, -0.2) is 59.7 Å². The van der Waals surface area contributed by atoms with Gasteiger partial charge in [-0.2, -0.15) is 22.0 Å². The number of piperazine rings is 1. The Kier molecular flexibility index (Phi) is 7.75. The molecule has 2 aromatic rings. The van der Waals surface area contributed by atoms with Crippen molar-refractivity contribution in [3.8, 4) is 0 Å². The minimum absolute atomic E-state index is 0.00279. The van der Waals surface area contributed by atoms with Crippen molar-refractivity contribution in [1.29, 1.82) is 0 Å². The molecule has 2 unspecified atom stereocenters. The molecule has 2 aromatic carbocycles. The fourth-order valence-electron chi connectivity index (χ4n) is 9.63. The van der Waals surface area contributed by atoms with Crippen LogP contribution in [0.3, 0.4) is 0 Å². The number of alkyl halides is 5. The van der Waals surface area contributed by atoms with Crippen LogP contribution in [0.4, 0.5) is 27.6 Å². The van der Waals surface area contributed by atoms with E-state index in [1.807, 2.05) is 42.5 Å². The largest absolute Gasteiger partial charge is 0.456 e. The number of para-hydroxylation sites is 1. The molecule has 246 valence electrons. The summed E-state index contributed by atoms with van der Waals surface area (Å²) >= 11 is 0. The van der Waals surface area contributed by atoms with Gasteiger partial charge < -0.3 is 10.0 Å². The maximum atomic E-state index is 15.3. The number of anilines is 1. The molecule has 1 heterocycles. The van der Waals surface area contributed by atoms with Gasteiger partial charge in [-0.1, -0.05) is 55.0 Å². The minimum Gasteiger partial charge on any atom is -0.383 e. The predicted octanol–water partition coefficient (Wildman–Crippen LogP) is 7.84. The van der Waals surface area contributed by atoms with E-state index >= 15 is 8.78 Å². The molecule has 2 saturated carbocycles. The van der Waals surface area contributed by atoms with E-state index in [1.54, 1.807) is 6.08 Å². The topological polar surface area (TPSA) is 43.8 Å². The van der Waals surface area contributed by atoms with E-state index in [-0.39, 0.29) is 24.5 Å². The maximum Gasteiger partial charge on any atom is 0.456 e. The normalized spacial score (nSPS) is 32.2. The highest BCUT2D eigenvalue weighted by atomic mass is 19.4. The Bertz CT molecular complexity index is 1540. The zero-order valence-corrected chi connectivity index (χ0v) is 26.1. The van der Waals surface area contributed by atoms with Crippen molar-refractivity contribution >= 4 is 11.5 Å². The molecule has 4 nitrogen and oxygen atoms in total. The summed E-state index contributed by atoms with van der Waals surface area (Å²) in [5.74, 6) is -6.30. The average molecular weight is 641 g/mol. The van der Waals surface area contributed by atoms with Crippen molar-refractivity contribution in [3.63, 3.8) is 0 Å². The van der Waals surface area contributed by atoms with Gasteiger partial charge in [0.15, 0.2) is 5.78 Å². The SMILES string of the molecule is C[C@]12C[C@H](c3ccc(CN4CCN(c5ccccc5)CC4)cc3)C3=C4CCC(=O)C=C4CCC3C1CC[C@@]2(O)C(F)(F)C(F)(F)F. The van der Waals surface area contributed by atoms with E-state index < -0.39 is 41.4 Å². The Balaban J connectivity index is 1.19. The Morgan fingerprint density at radius 1 is 0.891 bits per heavy atom. The number of allylic oxidation sites excluding steroid dienone is 4. The van der Waals surface area contributed by atoms with Gasteiger partial charge in [-0.25, -0.2) is 0 Å². The molecule has 5 atom stereocenters. The summed E-state index contributed by atoms with van der Waals surface area (Å²) in [6.07, 6.45) is -2.52. The van der Waals surface area contributed by atoms with Gasteiger partial charge in [0.2, 0.25) is 0 Å². The summed E-state index contributed by atoms with van der Waals surface area (Å²) in [5.41, 5.74) is 1.52. The molecule has 5 aliphatic rings. The zero-order valence-electron chi connectivity index (χ0n) is 26.1. The molecule has 0 amide bonds. The van der Waals surface area contributed by atoms with Gasteiger partial charge in [-0.15, -0.1) is 0 Å². The van der Waals surface area contributed by atoms with Gasteiger partial charge in [-0.05, 0) is 90.8 Å². The number of carbonyl (C=O) groups is 1. The summed E-state index contributed by atoms with van der Waals surface area (Å²) < 4.78 is 72.1. The summed E-state index contributed by atoms with van der Waals surface area (Å²) in [7, 11) is 0. The Morgan fingerprint density at radius 2 is 1.59 bits per heavy atom. The number of halogens is 5. The molecule has 4 aliphatic carbocycles. The molecular weight excluding hydrogens is 599 g/mol. The van der Waals surface area contributed by atoms with Gasteiger partial charge in [0.1, 0.15) is 5.60 Å². The molecule has 0 aromatic heterocycles. The van der Waals surface area contributed by atoms with Crippen molar-refractivity contribution in [1.82, 2.24) is 4.90 Å². The Labute approximate surface area is 267 Å². The number of fused-ring (bicyclic) bond motifs is 4. The van der Waals surface area contributed by atoms with Gasteiger partial charge >= 0.3 is 12.1 Å². The van der Waals surface area contributed by atoms with Crippen LogP contribution in [0.2, 0.25) is 0 Å². The number of nitrogens with zero attached hydrogens (tertiary/aromatic N) is 2. The first-order valence-electron chi connectivity index (χ1n) is 16.6. The lowest BCUT2D eigenvalue weighted by atomic mass is 9.50. The third-order valence-corrected chi connectivity index (χ3v) is 12.0. The smallest absolute Gasteiger partial charge is 0.383 e. The second kappa shape index (κ2) is 11.3. The number of hydrogen-bond donors (Lipinski definition) is 1. The van der Waals surface area contributed by atoms with Crippen LogP contribution in [0.25, 0.3) is 0 Å². The van der Waals surface area contributed by atoms with Crippen molar-refractivity contribution in [3.05, 3.63) is 88.5 Å². The van der Waals surface area contributed by atoms with E-state index in [9.17, 15) is 23.1 Å². The minimum atomic E-state index is -5.85. The maximum absolute atomic E-state index is 15.3. The van der Waals surface area contributed by atoms with Crippen molar-refractivity contribution in [2.75, 3.05) is 31.1 Å². The van der Waals surface area contributed by atoms with E-state index in [0.717, 1.165) is 60.6 Å². The number of hydrogen-bond acceptors (Lipinski definition) is 4. The fraction of sp³-hybridized carbons (Fsp3) is 0.541. The first-order chi connectivity index (χ1) is 21.8. The molecule has 7 rings (SSSR count). The first kappa shape index (κ1) is 31.6. The third kappa shape index (κ3) is 4.95. The summed E-state index contributed by atoms with van der Waals surface area (Å²) in [4.78, 5) is 17.1. The second-order valence-electron chi connectivity index (χ2n) is 14.3. The molecule has 1 saturated heterocycles. The van der Waals surface area contributed by atoms with Gasteiger partial charge in [-0.3, -0.25) is 9.69 Å². The highest BCUT2D eigenvalue weighted by Gasteiger charge is 2.79. The van der Waals surface area contributed by atoms with E-state index in [1.165, 1.54) is 12.6 Å². The van der Waals surface area contributed by atoms with Gasteiger partial charge in [0.25, 0.3) is 0 Å². The molecule has 0 bridgehead atoms. The van der Waals surface area contributed by atoms with Crippen LogP contribution in [0.1, 0.15) is 68.9 Å². The number of aliphatic hydroxyl groups is 1. The monoisotopic (exact) mass is 640 g/mol. The van der Waals surface area contributed by atoms with Gasteiger partial charge in [0, 0.05) is 56.2 Å². The molecule has 3 fully saturated rings. The highest BCUT2D eigenvalue weighted by molar-refractivity contribution is 5.93. The summed E-state index contributed by atoms with van der Waals surface area (Å²) in [5, 5.41) is 11.5. The molecular formula is C37H41F5N2O2. The van der Waals surface area contributed by atoms with E-state index in [2.05, 4.69) is 21.9 Å². The van der Waals surface area contributed by atoms with E-state index in [4.69, 9.17) is 0 Å². The van der Waals surface area contributed by atoms with Crippen LogP contribution in [0, 0.1) is 17.3 Å². The average Bonchev–Trinajstić information content (AvgIpc) is 3.32. The van der Waals surface area contributed by atoms with Crippen LogP contribution >= 0.6 is 0 Å². The van der Waals surface area contributed by atoms with Crippen LogP contribution < -0.4 is 4.90 Å². The second-order valence-corrected chi connectivity index (χ2v) is 14.3. The lowest BCUT2D eigenvalue weighted by molar-refractivity contribution is -0.362. The van der Waals surface area contributed by atoms with Crippen LogP contribution in [-0.2, 0) is 11.3 Å². The molecule has 46 heavy (non-hydrogen) atoms.